The van der Waals surface area contributed by atoms with Crippen molar-refractivity contribution in [1.82, 2.24) is 35.3 Å². The fraction of sp³-hybridized carbons (Fsp3) is 0.318. The van der Waals surface area contributed by atoms with Crippen LogP contribution in [0.15, 0.2) is 42.9 Å². The third kappa shape index (κ3) is 5.26. The van der Waals surface area contributed by atoms with Gasteiger partial charge in [0.05, 0.1) is 18.1 Å². The lowest BCUT2D eigenvalue weighted by Gasteiger charge is -2.31. The molecule has 0 unspecified atom stereocenters. The minimum atomic E-state index is 0.445. The molecule has 33 heavy (non-hydrogen) atoms. The van der Waals surface area contributed by atoms with Gasteiger partial charge in [0.25, 0.3) is 0 Å². The van der Waals surface area contributed by atoms with Gasteiger partial charge in [-0.1, -0.05) is 23.2 Å². The summed E-state index contributed by atoms with van der Waals surface area (Å²) in [6, 6.07) is 7.39. The molecule has 0 aliphatic carbocycles. The van der Waals surface area contributed by atoms with Crippen molar-refractivity contribution < 1.29 is 0 Å². The van der Waals surface area contributed by atoms with E-state index in [1.165, 1.54) is 0 Å². The van der Waals surface area contributed by atoms with E-state index in [1.807, 2.05) is 30.6 Å². The quantitative estimate of drug-likeness (QED) is 0.358. The van der Waals surface area contributed by atoms with Crippen LogP contribution >= 0.6 is 23.2 Å². The number of hydrogen-bond donors (Lipinski definition) is 3. The van der Waals surface area contributed by atoms with E-state index in [2.05, 4.69) is 45.6 Å². The highest BCUT2D eigenvalue weighted by Gasteiger charge is 2.23. The SMILES string of the molecule is Clc1cc(Cl)cc(CCNc2nccc(-c3ncc(N4CCC(c5cn[nH]n5)CC4)[nH]3)n2)c1. The first-order valence-corrected chi connectivity index (χ1v) is 11.6. The Bertz CT molecular complexity index is 1180. The van der Waals surface area contributed by atoms with Gasteiger partial charge in [-0.2, -0.15) is 15.4 Å². The van der Waals surface area contributed by atoms with Crippen LogP contribution in [-0.2, 0) is 6.42 Å². The lowest BCUT2D eigenvalue weighted by molar-refractivity contribution is 0.493. The van der Waals surface area contributed by atoms with Crippen molar-refractivity contribution >= 4 is 35.0 Å². The Morgan fingerprint density at radius 3 is 2.64 bits per heavy atom. The number of imidazole rings is 1. The van der Waals surface area contributed by atoms with E-state index >= 15 is 0 Å². The third-order valence-electron chi connectivity index (χ3n) is 5.77. The molecule has 4 heterocycles. The molecule has 3 N–H and O–H groups in total. The maximum absolute atomic E-state index is 6.07. The highest BCUT2D eigenvalue weighted by molar-refractivity contribution is 6.34. The van der Waals surface area contributed by atoms with Crippen LogP contribution in [0, 0.1) is 0 Å². The molecule has 0 atom stereocenters. The number of halogens is 2. The van der Waals surface area contributed by atoms with Crippen LogP contribution in [0.25, 0.3) is 11.5 Å². The van der Waals surface area contributed by atoms with Gasteiger partial charge in [-0.15, -0.1) is 0 Å². The third-order valence-corrected chi connectivity index (χ3v) is 6.20. The van der Waals surface area contributed by atoms with Crippen LogP contribution in [0.3, 0.4) is 0 Å². The van der Waals surface area contributed by atoms with Crippen molar-refractivity contribution in [3.8, 4) is 11.5 Å². The maximum Gasteiger partial charge on any atom is 0.223 e. The number of benzene rings is 1. The number of piperidine rings is 1. The van der Waals surface area contributed by atoms with Gasteiger partial charge in [-0.25, -0.2) is 15.0 Å². The standard InChI is InChI=1S/C22H23Cl2N9/c23-16-9-14(10-17(24)11-16)1-5-25-22-26-6-2-18(29-22)21-27-13-20(30-21)33-7-3-15(4-8-33)19-12-28-32-31-19/h2,6,9-13,15H,1,3-5,7-8H2,(H,27,30)(H,25,26,29)(H,28,31,32). The fourth-order valence-corrected chi connectivity index (χ4v) is 4.65. The summed E-state index contributed by atoms with van der Waals surface area (Å²) in [6.45, 7) is 2.52. The largest absolute Gasteiger partial charge is 0.357 e. The van der Waals surface area contributed by atoms with E-state index in [4.69, 9.17) is 23.2 Å². The molecule has 1 aliphatic heterocycles. The first kappa shape index (κ1) is 21.7. The zero-order valence-corrected chi connectivity index (χ0v) is 19.3. The van der Waals surface area contributed by atoms with Crippen LogP contribution < -0.4 is 10.2 Å². The molecule has 0 radical (unpaired) electrons. The maximum atomic E-state index is 6.07. The van der Waals surface area contributed by atoms with Crippen LogP contribution in [0.5, 0.6) is 0 Å². The average molecular weight is 484 g/mol. The highest BCUT2D eigenvalue weighted by Crippen LogP contribution is 2.29. The summed E-state index contributed by atoms with van der Waals surface area (Å²) >= 11 is 12.1. The molecule has 1 saturated heterocycles. The molecule has 1 fully saturated rings. The molecule has 0 amide bonds. The van der Waals surface area contributed by atoms with Crippen LogP contribution in [0.4, 0.5) is 11.8 Å². The molecule has 0 saturated carbocycles. The van der Waals surface area contributed by atoms with Gasteiger partial charge in [-0.05, 0) is 49.1 Å². The number of aromatic nitrogens is 7. The van der Waals surface area contributed by atoms with Crippen LogP contribution in [0.2, 0.25) is 10.0 Å². The second-order valence-electron chi connectivity index (χ2n) is 7.99. The van der Waals surface area contributed by atoms with Crippen molar-refractivity contribution in [2.75, 3.05) is 29.9 Å². The molecular formula is C22H23Cl2N9. The molecule has 11 heteroatoms. The van der Waals surface area contributed by atoms with Gasteiger partial charge < -0.3 is 15.2 Å². The van der Waals surface area contributed by atoms with Gasteiger partial charge in [0.2, 0.25) is 5.95 Å². The summed E-state index contributed by atoms with van der Waals surface area (Å²) in [5.74, 6) is 2.71. The van der Waals surface area contributed by atoms with Gasteiger partial charge in [-0.3, -0.25) is 0 Å². The molecule has 1 aliphatic rings. The van der Waals surface area contributed by atoms with E-state index in [0.717, 1.165) is 60.9 Å². The number of anilines is 2. The Morgan fingerprint density at radius 2 is 1.88 bits per heavy atom. The molecular weight excluding hydrogens is 461 g/mol. The summed E-state index contributed by atoms with van der Waals surface area (Å²) in [5, 5.41) is 15.4. The average Bonchev–Trinajstić information content (AvgIpc) is 3.52. The lowest BCUT2D eigenvalue weighted by atomic mass is 9.94. The number of nitrogens with one attached hydrogen (secondary N) is 3. The number of nitrogens with zero attached hydrogens (tertiary/aromatic N) is 6. The van der Waals surface area contributed by atoms with Gasteiger partial charge in [0.15, 0.2) is 5.82 Å². The summed E-state index contributed by atoms with van der Waals surface area (Å²) in [5.41, 5.74) is 2.83. The molecule has 9 nitrogen and oxygen atoms in total. The zero-order valence-electron chi connectivity index (χ0n) is 17.8. The van der Waals surface area contributed by atoms with Crippen molar-refractivity contribution in [3.05, 3.63) is 64.2 Å². The normalized spacial score (nSPS) is 14.5. The van der Waals surface area contributed by atoms with Gasteiger partial charge in [0.1, 0.15) is 11.5 Å². The molecule has 0 spiro atoms. The Labute approximate surface area is 201 Å². The minimum absolute atomic E-state index is 0.445. The van der Waals surface area contributed by atoms with Gasteiger partial charge in [0, 0.05) is 41.8 Å². The van der Waals surface area contributed by atoms with Crippen LogP contribution in [0.1, 0.15) is 30.0 Å². The summed E-state index contributed by atoms with van der Waals surface area (Å²) in [4.78, 5) is 19.2. The fourth-order valence-electron chi connectivity index (χ4n) is 4.08. The van der Waals surface area contributed by atoms with Crippen molar-refractivity contribution in [2.45, 2.75) is 25.2 Å². The van der Waals surface area contributed by atoms with Crippen molar-refractivity contribution in [3.63, 3.8) is 0 Å². The number of H-pyrrole nitrogens is 2. The van der Waals surface area contributed by atoms with Crippen molar-refractivity contribution in [2.24, 2.45) is 0 Å². The van der Waals surface area contributed by atoms with E-state index < -0.39 is 0 Å². The Hall–Kier alpha value is -3.17. The Balaban J connectivity index is 1.19. The van der Waals surface area contributed by atoms with Gasteiger partial charge >= 0.3 is 0 Å². The topological polar surface area (TPSA) is 111 Å². The summed E-state index contributed by atoms with van der Waals surface area (Å²) < 4.78 is 0. The highest BCUT2D eigenvalue weighted by atomic mass is 35.5. The van der Waals surface area contributed by atoms with E-state index in [9.17, 15) is 0 Å². The van der Waals surface area contributed by atoms with E-state index in [-0.39, 0.29) is 0 Å². The summed E-state index contributed by atoms with van der Waals surface area (Å²) in [6.07, 6.45) is 8.22. The second-order valence-corrected chi connectivity index (χ2v) is 8.87. The second kappa shape index (κ2) is 9.76. The molecule has 170 valence electrons. The van der Waals surface area contributed by atoms with Crippen LogP contribution in [-0.4, -0.2) is 55.0 Å². The Morgan fingerprint density at radius 1 is 1.06 bits per heavy atom. The predicted molar refractivity (Wildman–Crippen MR) is 129 cm³/mol. The number of aromatic amines is 2. The molecule has 0 bridgehead atoms. The summed E-state index contributed by atoms with van der Waals surface area (Å²) in [7, 11) is 0. The molecule has 3 aromatic heterocycles. The minimum Gasteiger partial charge on any atom is -0.357 e. The first-order valence-electron chi connectivity index (χ1n) is 10.8. The molecule has 4 aromatic rings. The number of rotatable bonds is 7. The smallest absolute Gasteiger partial charge is 0.223 e. The van der Waals surface area contributed by atoms with Crippen molar-refractivity contribution in [1.29, 1.82) is 0 Å². The molecule has 1 aromatic carbocycles. The number of hydrogen-bond acceptors (Lipinski definition) is 7. The zero-order chi connectivity index (χ0) is 22.6. The monoisotopic (exact) mass is 483 g/mol. The van der Waals surface area contributed by atoms with E-state index in [0.29, 0.717) is 28.5 Å². The first-order chi connectivity index (χ1) is 16.1. The van der Waals surface area contributed by atoms with E-state index in [1.54, 1.807) is 12.3 Å². The lowest BCUT2D eigenvalue weighted by Crippen LogP contribution is -2.33. The Kier molecular flexibility index (Phi) is 6.41. The molecule has 5 rings (SSSR count). The predicted octanol–water partition coefficient (Wildman–Crippen LogP) is 4.33.